The molecule has 2 heterocycles. The van der Waals surface area contributed by atoms with Crippen LogP contribution in [0.3, 0.4) is 0 Å². The van der Waals surface area contributed by atoms with Crippen molar-refractivity contribution in [1.82, 2.24) is 25.6 Å². The van der Waals surface area contributed by atoms with Crippen molar-refractivity contribution < 1.29 is 9.59 Å². The Morgan fingerprint density at radius 1 is 1.11 bits per heavy atom. The third kappa shape index (κ3) is 3.98. The number of rotatable bonds is 5. The molecule has 0 spiro atoms. The highest BCUT2D eigenvalue weighted by molar-refractivity contribution is 5.97. The van der Waals surface area contributed by atoms with Gasteiger partial charge in [0.15, 0.2) is 0 Å². The second-order valence-electron chi connectivity index (χ2n) is 7.12. The Bertz CT molecular complexity index is 1030. The van der Waals surface area contributed by atoms with E-state index in [0.717, 1.165) is 23.7 Å². The first kappa shape index (κ1) is 18.0. The molecule has 28 heavy (non-hydrogen) atoms. The zero-order valence-corrected chi connectivity index (χ0v) is 15.6. The number of hydrogen-bond donors (Lipinski definition) is 2. The van der Waals surface area contributed by atoms with E-state index in [2.05, 4.69) is 25.6 Å². The molecule has 2 aromatic heterocycles. The summed E-state index contributed by atoms with van der Waals surface area (Å²) in [4.78, 5) is 37.0. The van der Waals surface area contributed by atoms with E-state index in [0.29, 0.717) is 29.5 Å². The van der Waals surface area contributed by atoms with Gasteiger partial charge in [0.25, 0.3) is 11.8 Å². The van der Waals surface area contributed by atoms with Gasteiger partial charge in [-0.2, -0.15) is 0 Å². The van der Waals surface area contributed by atoms with Crippen molar-refractivity contribution in [2.45, 2.75) is 25.8 Å². The van der Waals surface area contributed by atoms with Crippen molar-refractivity contribution in [3.8, 4) is 0 Å². The molecule has 1 saturated carbocycles. The quantitative estimate of drug-likeness (QED) is 0.713. The summed E-state index contributed by atoms with van der Waals surface area (Å²) in [6, 6.07) is 11.3. The summed E-state index contributed by atoms with van der Waals surface area (Å²) in [5, 5.41) is 6.89. The van der Waals surface area contributed by atoms with Crippen molar-refractivity contribution in [2.75, 3.05) is 6.54 Å². The van der Waals surface area contributed by atoms with Gasteiger partial charge in [0.05, 0.1) is 11.1 Å². The molecule has 1 aromatic carbocycles. The van der Waals surface area contributed by atoms with Gasteiger partial charge < -0.3 is 10.6 Å². The van der Waals surface area contributed by atoms with Crippen LogP contribution in [0.15, 0.2) is 48.8 Å². The van der Waals surface area contributed by atoms with Gasteiger partial charge in [0, 0.05) is 30.4 Å². The highest BCUT2D eigenvalue weighted by atomic mass is 16.2. The van der Waals surface area contributed by atoms with Gasteiger partial charge in [-0.15, -0.1) is 0 Å². The number of benzene rings is 1. The molecule has 7 nitrogen and oxygen atoms in total. The number of amides is 2. The molecular weight excluding hydrogens is 354 g/mol. The first-order valence-electron chi connectivity index (χ1n) is 9.32. The van der Waals surface area contributed by atoms with Crippen molar-refractivity contribution in [1.29, 1.82) is 0 Å². The van der Waals surface area contributed by atoms with E-state index in [1.54, 1.807) is 25.4 Å². The van der Waals surface area contributed by atoms with Crippen LogP contribution in [0.1, 0.15) is 39.5 Å². The van der Waals surface area contributed by atoms with Gasteiger partial charge in [0.2, 0.25) is 0 Å². The second kappa shape index (κ2) is 7.72. The number of para-hydroxylation sites is 1. The lowest BCUT2D eigenvalue weighted by molar-refractivity contribution is 0.0861. The van der Waals surface area contributed by atoms with E-state index in [4.69, 9.17) is 0 Å². The molecule has 4 rings (SSSR count). The predicted molar refractivity (Wildman–Crippen MR) is 105 cm³/mol. The molecule has 142 valence electrons. The monoisotopic (exact) mass is 375 g/mol. The molecule has 2 amide bonds. The first-order valence-corrected chi connectivity index (χ1v) is 9.32. The standard InChI is InChI=1S/C21H21N5O2/c1-13-22-7-6-19(25-13)21(28)24-11-14-8-17(9-14)26-20(27)16-10-15-4-2-3-5-18(15)23-12-16/h2-7,10,12,14,17H,8-9,11H2,1H3,(H,24,28)(H,26,27). The van der Waals surface area contributed by atoms with E-state index in [1.807, 2.05) is 30.3 Å². The topological polar surface area (TPSA) is 96.9 Å². The number of nitrogens with zero attached hydrogens (tertiary/aromatic N) is 3. The SMILES string of the molecule is Cc1nccc(C(=O)NCC2CC(NC(=O)c3cnc4ccccc4c3)C2)n1. The number of carbonyl (C=O) groups is 2. The summed E-state index contributed by atoms with van der Waals surface area (Å²) in [7, 11) is 0. The number of carbonyl (C=O) groups excluding carboxylic acids is 2. The molecule has 0 saturated heterocycles. The van der Waals surface area contributed by atoms with Crippen LogP contribution in [0.4, 0.5) is 0 Å². The lowest BCUT2D eigenvalue weighted by Crippen LogP contribution is -2.47. The summed E-state index contributed by atoms with van der Waals surface area (Å²) < 4.78 is 0. The summed E-state index contributed by atoms with van der Waals surface area (Å²) in [6.07, 6.45) is 4.87. The number of hydrogen-bond acceptors (Lipinski definition) is 5. The van der Waals surface area contributed by atoms with E-state index < -0.39 is 0 Å². The number of aryl methyl sites for hydroxylation is 1. The number of aromatic nitrogens is 3. The molecule has 3 aromatic rings. The van der Waals surface area contributed by atoms with Gasteiger partial charge in [-0.1, -0.05) is 18.2 Å². The molecule has 0 radical (unpaired) electrons. The Balaban J connectivity index is 1.25. The Labute approximate surface area is 162 Å². The molecule has 0 atom stereocenters. The Morgan fingerprint density at radius 2 is 1.93 bits per heavy atom. The van der Waals surface area contributed by atoms with Crippen molar-refractivity contribution in [3.63, 3.8) is 0 Å². The van der Waals surface area contributed by atoms with Crippen molar-refractivity contribution in [3.05, 3.63) is 65.9 Å². The van der Waals surface area contributed by atoms with Crippen LogP contribution >= 0.6 is 0 Å². The number of nitrogens with one attached hydrogen (secondary N) is 2. The van der Waals surface area contributed by atoms with E-state index in [9.17, 15) is 9.59 Å². The molecule has 0 unspecified atom stereocenters. The lowest BCUT2D eigenvalue weighted by atomic mass is 9.80. The largest absolute Gasteiger partial charge is 0.350 e. The normalized spacial score (nSPS) is 18.3. The maximum Gasteiger partial charge on any atom is 0.270 e. The summed E-state index contributed by atoms with van der Waals surface area (Å²) >= 11 is 0. The van der Waals surface area contributed by atoms with E-state index >= 15 is 0 Å². The van der Waals surface area contributed by atoms with E-state index in [-0.39, 0.29) is 17.9 Å². The average molecular weight is 375 g/mol. The Hall–Kier alpha value is -3.35. The molecule has 0 bridgehead atoms. The third-order valence-corrected chi connectivity index (χ3v) is 4.98. The zero-order valence-electron chi connectivity index (χ0n) is 15.6. The highest BCUT2D eigenvalue weighted by Crippen LogP contribution is 2.27. The fourth-order valence-electron chi connectivity index (χ4n) is 3.39. The zero-order chi connectivity index (χ0) is 19.5. The smallest absolute Gasteiger partial charge is 0.270 e. The van der Waals surface area contributed by atoms with Crippen LogP contribution in [0.25, 0.3) is 10.9 Å². The molecular formula is C21H21N5O2. The highest BCUT2D eigenvalue weighted by Gasteiger charge is 2.30. The van der Waals surface area contributed by atoms with Crippen LogP contribution in [-0.2, 0) is 0 Å². The third-order valence-electron chi connectivity index (χ3n) is 4.98. The average Bonchev–Trinajstić information content (AvgIpc) is 2.68. The van der Waals surface area contributed by atoms with Gasteiger partial charge in [-0.25, -0.2) is 9.97 Å². The van der Waals surface area contributed by atoms with Crippen LogP contribution in [0.2, 0.25) is 0 Å². The Kier molecular flexibility index (Phi) is 4.97. The Morgan fingerprint density at radius 3 is 2.75 bits per heavy atom. The minimum atomic E-state index is -0.194. The summed E-state index contributed by atoms with van der Waals surface area (Å²) in [5.74, 6) is 0.622. The molecule has 7 heteroatoms. The van der Waals surface area contributed by atoms with Gasteiger partial charge >= 0.3 is 0 Å². The maximum absolute atomic E-state index is 12.4. The minimum Gasteiger partial charge on any atom is -0.350 e. The van der Waals surface area contributed by atoms with Crippen LogP contribution < -0.4 is 10.6 Å². The number of pyridine rings is 1. The van der Waals surface area contributed by atoms with Crippen molar-refractivity contribution in [2.24, 2.45) is 5.92 Å². The fourth-order valence-corrected chi connectivity index (χ4v) is 3.39. The van der Waals surface area contributed by atoms with Crippen LogP contribution in [0, 0.1) is 12.8 Å². The minimum absolute atomic E-state index is 0.109. The van der Waals surface area contributed by atoms with Crippen LogP contribution in [-0.4, -0.2) is 39.4 Å². The summed E-state index contributed by atoms with van der Waals surface area (Å²) in [6.45, 7) is 2.33. The molecule has 1 aliphatic carbocycles. The van der Waals surface area contributed by atoms with Crippen LogP contribution in [0.5, 0.6) is 0 Å². The maximum atomic E-state index is 12.4. The van der Waals surface area contributed by atoms with E-state index in [1.165, 1.54) is 0 Å². The first-order chi connectivity index (χ1) is 13.6. The van der Waals surface area contributed by atoms with Gasteiger partial charge in [-0.05, 0) is 43.9 Å². The lowest BCUT2D eigenvalue weighted by Gasteiger charge is -2.35. The van der Waals surface area contributed by atoms with Crippen molar-refractivity contribution >= 4 is 22.7 Å². The second-order valence-corrected chi connectivity index (χ2v) is 7.12. The molecule has 1 fully saturated rings. The molecule has 0 aliphatic heterocycles. The molecule has 1 aliphatic rings. The fraction of sp³-hybridized carbons (Fsp3) is 0.286. The van der Waals surface area contributed by atoms with Gasteiger partial charge in [-0.3, -0.25) is 14.6 Å². The summed E-state index contributed by atoms with van der Waals surface area (Å²) in [5.41, 5.74) is 1.81. The number of fused-ring (bicyclic) bond motifs is 1. The molecule has 2 N–H and O–H groups in total. The van der Waals surface area contributed by atoms with Gasteiger partial charge in [0.1, 0.15) is 11.5 Å². The predicted octanol–water partition coefficient (Wildman–Crippen LogP) is 2.27.